The number of ether oxygens (including phenoxy) is 1. The van der Waals surface area contributed by atoms with E-state index in [-0.39, 0.29) is 5.95 Å². The quantitative estimate of drug-likeness (QED) is 0.461. The molecule has 0 bridgehead atoms. The molecule has 0 aromatic rings. The van der Waals surface area contributed by atoms with E-state index in [2.05, 4.69) is 11.7 Å². The standard InChI is InChI=1S/C11H22O2/c1-3-4-5-6-7-8-9-10-11(12)13-2/h10,12H,3-9H2,1-2H3. The number of rotatable bonds is 8. The summed E-state index contributed by atoms with van der Waals surface area (Å²) in [5.74, 6) is 0.0496. The Morgan fingerprint density at radius 1 is 1.15 bits per heavy atom. The van der Waals surface area contributed by atoms with E-state index >= 15 is 0 Å². The minimum atomic E-state index is 0.0496. The molecule has 13 heavy (non-hydrogen) atoms. The zero-order chi connectivity index (χ0) is 9.94. The highest BCUT2D eigenvalue weighted by Gasteiger charge is 1.90. The number of aliphatic hydroxyl groups excluding tert-OH is 1. The van der Waals surface area contributed by atoms with E-state index in [1.807, 2.05) is 0 Å². The molecule has 0 radical (unpaired) electrons. The molecule has 2 nitrogen and oxygen atoms in total. The van der Waals surface area contributed by atoms with Crippen LogP contribution >= 0.6 is 0 Å². The highest BCUT2D eigenvalue weighted by Crippen LogP contribution is 2.07. The Kier molecular flexibility index (Phi) is 8.95. The summed E-state index contributed by atoms with van der Waals surface area (Å²) in [7, 11) is 1.48. The summed E-state index contributed by atoms with van der Waals surface area (Å²) < 4.78 is 4.61. The van der Waals surface area contributed by atoms with Crippen LogP contribution in [0.3, 0.4) is 0 Å². The Bertz CT molecular complexity index is 130. The van der Waals surface area contributed by atoms with Crippen molar-refractivity contribution in [3.8, 4) is 0 Å². The van der Waals surface area contributed by atoms with Crippen LogP contribution in [0.25, 0.3) is 0 Å². The third-order valence-corrected chi connectivity index (χ3v) is 2.09. The number of aliphatic hydroxyl groups is 1. The van der Waals surface area contributed by atoms with Crippen molar-refractivity contribution in [1.82, 2.24) is 0 Å². The second-order valence-electron chi connectivity index (χ2n) is 3.30. The Hall–Kier alpha value is -0.660. The lowest BCUT2D eigenvalue weighted by molar-refractivity contribution is 0.134. The molecular weight excluding hydrogens is 164 g/mol. The van der Waals surface area contributed by atoms with Crippen molar-refractivity contribution in [3.63, 3.8) is 0 Å². The summed E-state index contributed by atoms with van der Waals surface area (Å²) in [5, 5.41) is 8.94. The van der Waals surface area contributed by atoms with Gasteiger partial charge in [0.1, 0.15) is 0 Å². The average molecular weight is 186 g/mol. The van der Waals surface area contributed by atoms with Gasteiger partial charge in [0.25, 0.3) is 5.95 Å². The molecule has 0 unspecified atom stereocenters. The van der Waals surface area contributed by atoms with Gasteiger partial charge in [0.15, 0.2) is 0 Å². The summed E-state index contributed by atoms with van der Waals surface area (Å²) in [4.78, 5) is 0. The minimum Gasteiger partial charge on any atom is -0.481 e. The maximum Gasteiger partial charge on any atom is 0.272 e. The van der Waals surface area contributed by atoms with E-state index < -0.39 is 0 Å². The van der Waals surface area contributed by atoms with Gasteiger partial charge in [0.05, 0.1) is 7.11 Å². The highest BCUT2D eigenvalue weighted by atomic mass is 16.6. The fraction of sp³-hybridized carbons (Fsp3) is 0.818. The molecule has 0 aromatic heterocycles. The van der Waals surface area contributed by atoms with E-state index in [0.29, 0.717) is 0 Å². The third-order valence-electron chi connectivity index (χ3n) is 2.09. The minimum absolute atomic E-state index is 0.0496. The molecule has 1 N–H and O–H groups in total. The van der Waals surface area contributed by atoms with E-state index in [4.69, 9.17) is 5.11 Å². The lowest BCUT2D eigenvalue weighted by Crippen LogP contribution is -1.83. The molecule has 0 rings (SSSR count). The van der Waals surface area contributed by atoms with Crippen LogP contribution < -0.4 is 0 Å². The Morgan fingerprint density at radius 2 is 1.77 bits per heavy atom. The smallest absolute Gasteiger partial charge is 0.272 e. The van der Waals surface area contributed by atoms with Crippen molar-refractivity contribution in [3.05, 3.63) is 12.0 Å². The van der Waals surface area contributed by atoms with Crippen molar-refractivity contribution in [2.24, 2.45) is 0 Å². The fourth-order valence-electron chi connectivity index (χ4n) is 1.23. The van der Waals surface area contributed by atoms with Crippen LogP contribution in [-0.2, 0) is 4.74 Å². The van der Waals surface area contributed by atoms with Crippen molar-refractivity contribution in [2.75, 3.05) is 7.11 Å². The first-order valence-corrected chi connectivity index (χ1v) is 5.24. The zero-order valence-corrected chi connectivity index (χ0v) is 8.88. The first-order valence-electron chi connectivity index (χ1n) is 5.24. The molecule has 0 saturated heterocycles. The molecule has 2 heteroatoms. The summed E-state index contributed by atoms with van der Waals surface area (Å²) >= 11 is 0. The van der Waals surface area contributed by atoms with Crippen molar-refractivity contribution < 1.29 is 9.84 Å². The summed E-state index contributed by atoms with van der Waals surface area (Å²) in [5.41, 5.74) is 0. The van der Waals surface area contributed by atoms with Crippen LogP contribution in [0, 0.1) is 0 Å². The van der Waals surface area contributed by atoms with Crippen LogP contribution in [0.15, 0.2) is 12.0 Å². The van der Waals surface area contributed by atoms with Crippen molar-refractivity contribution >= 4 is 0 Å². The number of hydrogen-bond acceptors (Lipinski definition) is 2. The van der Waals surface area contributed by atoms with E-state index in [1.54, 1.807) is 6.08 Å². The van der Waals surface area contributed by atoms with Crippen molar-refractivity contribution in [2.45, 2.75) is 51.9 Å². The molecule has 0 aromatic carbocycles. The number of methoxy groups -OCH3 is 1. The van der Waals surface area contributed by atoms with Crippen LogP contribution in [-0.4, -0.2) is 12.2 Å². The molecule has 0 aliphatic heterocycles. The second kappa shape index (κ2) is 9.43. The van der Waals surface area contributed by atoms with E-state index in [9.17, 15) is 0 Å². The van der Waals surface area contributed by atoms with E-state index in [0.717, 1.165) is 12.8 Å². The molecule has 0 fully saturated rings. The molecule has 0 spiro atoms. The maximum absolute atomic E-state index is 8.94. The molecule has 0 amide bonds. The largest absolute Gasteiger partial charge is 0.481 e. The third kappa shape index (κ3) is 9.25. The van der Waals surface area contributed by atoms with Crippen molar-refractivity contribution in [1.29, 1.82) is 0 Å². The normalized spacial score (nSPS) is 11.7. The predicted octanol–water partition coefficient (Wildman–Crippen LogP) is 3.78. The lowest BCUT2D eigenvalue weighted by Gasteiger charge is -1.98. The highest BCUT2D eigenvalue weighted by molar-refractivity contribution is 4.80. The van der Waals surface area contributed by atoms with Gasteiger partial charge >= 0.3 is 0 Å². The van der Waals surface area contributed by atoms with Gasteiger partial charge in [0.2, 0.25) is 0 Å². The number of allylic oxidation sites excluding steroid dienone is 1. The lowest BCUT2D eigenvalue weighted by atomic mass is 10.1. The summed E-state index contributed by atoms with van der Waals surface area (Å²) in [6, 6.07) is 0. The topological polar surface area (TPSA) is 29.5 Å². The molecule has 0 atom stereocenters. The average Bonchev–Trinajstić information content (AvgIpc) is 2.16. The molecular formula is C11H22O2. The van der Waals surface area contributed by atoms with Gasteiger partial charge in [0, 0.05) is 0 Å². The summed E-state index contributed by atoms with van der Waals surface area (Å²) in [6.45, 7) is 2.22. The van der Waals surface area contributed by atoms with Crippen LogP contribution in [0.4, 0.5) is 0 Å². The van der Waals surface area contributed by atoms with Crippen LogP contribution in [0.1, 0.15) is 51.9 Å². The number of unbranched alkanes of at least 4 members (excludes halogenated alkanes) is 6. The second-order valence-corrected chi connectivity index (χ2v) is 3.30. The van der Waals surface area contributed by atoms with Gasteiger partial charge in [-0.2, -0.15) is 0 Å². The molecule has 78 valence electrons. The zero-order valence-electron chi connectivity index (χ0n) is 8.88. The molecule has 0 heterocycles. The van der Waals surface area contributed by atoms with Crippen LogP contribution in [0.5, 0.6) is 0 Å². The monoisotopic (exact) mass is 186 g/mol. The first kappa shape index (κ1) is 12.3. The Balaban J connectivity index is 3.08. The molecule has 0 aliphatic rings. The van der Waals surface area contributed by atoms with Crippen LogP contribution in [0.2, 0.25) is 0 Å². The first-order chi connectivity index (χ1) is 6.31. The number of hydrogen-bond donors (Lipinski definition) is 1. The molecule has 0 aliphatic carbocycles. The summed E-state index contributed by atoms with van der Waals surface area (Å²) in [6.07, 6.45) is 10.4. The van der Waals surface area contributed by atoms with Gasteiger partial charge in [-0.05, 0) is 18.9 Å². The van der Waals surface area contributed by atoms with Gasteiger partial charge in [-0.25, -0.2) is 0 Å². The predicted molar refractivity (Wildman–Crippen MR) is 55.7 cm³/mol. The van der Waals surface area contributed by atoms with Gasteiger partial charge in [-0.1, -0.05) is 39.0 Å². The maximum atomic E-state index is 8.94. The fourth-order valence-corrected chi connectivity index (χ4v) is 1.23. The van der Waals surface area contributed by atoms with Gasteiger partial charge in [-0.15, -0.1) is 0 Å². The Morgan fingerprint density at radius 3 is 2.38 bits per heavy atom. The van der Waals surface area contributed by atoms with Gasteiger partial charge < -0.3 is 9.84 Å². The molecule has 0 saturated carbocycles. The van der Waals surface area contributed by atoms with E-state index in [1.165, 1.54) is 39.2 Å². The van der Waals surface area contributed by atoms with Gasteiger partial charge in [-0.3, -0.25) is 0 Å². The SMILES string of the molecule is CCCCCCCCC=C(O)OC. The Labute approximate surface area is 81.6 Å².